The van der Waals surface area contributed by atoms with Crippen LogP contribution in [0.2, 0.25) is 0 Å². The Bertz CT molecular complexity index is 668. The van der Waals surface area contributed by atoms with Crippen molar-refractivity contribution in [2.45, 2.75) is 82.5 Å². The summed E-state index contributed by atoms with van der Waals surface area (Å²) in [6.07, 6.45) is 14.0. The molecule has 0 aliphatic heterocycles. The average molecular weight is 492 g/mol. The van der Waals surface area contributed by atoms with Crippen LogP contribution in [0.4, 0.5) is 0 Å². The van der Waals surface area contributed by atoms with Crippen LogP contribution in [0.1, 0.15) is 78.6 Å². The van der Waals surface area contributed by atoms with Crippen LogP contribution >= 0.6 is 0 Å². The Kier molecular flexibility index (Phi) is 5.61. The van der Waals surface area contributed by atoms with Gasteiger partial charge in [-0.05, 0) is 0 Å². The number of alkyl halides is 1. The van der Waals surface area contributed by atoms with Crippen molar-refractivity contribution in [3.63, 3.8) is 0 Å². The van der Waals surface area contributed by atoms with Crippen molar-refractivity contribution in [1.82, 2.24) is 0 Å². The van der Waals surface area contributed by atoms with E-state index in [4.69, 9.17) is 0 Å². The molecule has 1 aromatic carbocycles. The number of hydrogen-bond donors (Lipinski definition) is 0. The first-order chi connectivity index (χ1) is 13.6. The number of fused-ring (bicyclic) bond motifs is 5. The minimum absolute atomic E-state index is 0.146. The van der Waals surface area contributed by atoms with Gasteiger partial charge in [-0.2, -0.15) is 0 Å². The van der Waals surface area contributed by atoms with Gasteiger partial charge in [0, 0.05) is 0 Å². The van der Waals surface area contributed by atoms with Crippen molar-refractivity contribution in [2.24, 2.45) is 46.8 Å². The van der Waals surface area contributed by atoms with Crippen molar-refractivity contribution >= 4 is 0 Å². The van der Waals surface area contributed by atoms with Crippen molar-refractivity contribution in [3.8, 4) is 0 Å². The standard InChI is InChI=1S/C27H40I/c1-18-9-11-22-20(17-18)10-12-24-23(22)15-16-27(3)25(13-14-26(24)27)19(2)28-21-7-5-4-6-8-21/h4-8,18-20,22-26H,9-17H2,1-3H3/q-1/t18-,19-,20+,22-,23+,24+,25+,26-,27+/m0/s1. The van der Waals surface area contributed by atoms with E-state index < -0.39 is 0 Å². The van der Waals surface area contributed by atoms with Gasteiger partial charge in [0.25, 0.3) is 0 Å². The molecule has 0 unspecified atom stereocenters. The van der Waals surface area contributed by atoms with E-state index in [0.29, 0.717) is 5.41 Å². The molecule has 1 heteroatoms. The van der Waals surface area contributed by atoms with Crippen LogP contribution in [-0.4, -0.2) is 3.92 Å². The van der Waals surface area contributed by atoms with Gasteiger partial charge in [-0.1, -0.05) is 0 Å². The van der Waals surface area contributed by atoms with E-state index in [-0.39, 0.29) is 21.2 Å². The Morgan fingerprint density at radius 3 is 2.50 bits per heavy atom. The first-order valence-corrected chi connectivity index (χ1v) is 14.6. The topological polar surface area (TPSA) is 0 Å². The number of halogens is 1. The second-order valence-electron chi connectivity index (χ2n) is 11.2. The molecule has 156 valence electrons. The first kappa shape index (κ1) is 19.9. The van der Waals surface area contributed by atoms with Gasteiger partial charge in [0.05, 0.1) is 0 Å². The van der Waals surface area contributed by atoms with Crippen molar-refractivity contribution in [1.29, 1.82) is 0 Å². The predicted octanol–water partition coefficient (Wildman–Crippen LogP) is 4.24. The molecule has 4 aliphatic carbocycles. The van der Waals surface area contributed by atoms with Crippen LogP contribution in [-0.2, 0) is 0 Å². The zero-order chi connectivity index (χ0) is 19.3. The molecule has 0 heterocycles. The molecule has 0 amide bonds. The first-order valence-electron chi connectivity index (χ1n) is 12.2. The van der Waals surface area contributed by atoms with Crippen molar-refractivity contribution < 1.29 is 21.2 Å². The molecule has 0 aromatic heterocycles. The van der Waals surface area contributed by atoms with E-state index >= 15 is 0 Å². The van der Waals surface area contributed by atoms with E-state index in [1.807, 2.05) is 0 Å². The van der Waals surface area contributed by atoms with Crippen LogP contribution in [0.15, 0.2) is 30.3 Å². The molecule has 4 aliphatic rings. The Morgan fingerprint density at radius 2 is 1.68 bits per heavy atom. The summed E-state index contributed by atoms with van der Waals surface area (Å²) < 4.78 is 2.60. The van der Waals surface area contributed by atoms with Crippen LogP contribution < -0.4 is 21.2 Å². The van der Waals surface area contributed by atoms with Gasteiger partial charge in [0.1, 0.15) is 0 Å². The summed E-state index contributed by atoms with van der Waals surface area (Å²) in [7, 11) is 0. The zero-order valence-corrected chi connectivity index (χ0v) is 20.4. The number of rotatable bonds is 3. The van der Waals surface area contributed by atoms with Gasteiger partial charge in [0.2, 0.25) is 0 Å². The van der Waals surface area contributed by atoms with Crippen molar-refractivity contribution in [2.75, 3.05) is 0 Å². The molecular formula is C27H40I-. The van der Waals surface area contributed by atoms with E-state index in [1.165, 1.54) is 12.8 Å². The third-order valence-electron chi connectivity index (χ3n) is 9.88. The summed E-state index contributed by atoms with van der Waals surface area (Å²) in [6, 6.07) is 11.4. The SMILES string of the molecule is C[C@H]1CC[C@H]2[C@H](CC[C@@H]3[C@@H]2CC[C@]2(C)[C@@H]([C@H](C)[I-]c4ccccc4)CC[C@@H]32)C1. The summed E-state index contributed by atoms with van der Waals surface area (Å²) in [6.45, 7) is 7.87. The zero-order valence-electron chi connectivity index (χ0n) is 18.2. The second kappa shape index (κ2) is 7.89. The molecule has 1 aromatic rings. The van der Waals surface area contributed by atoms with Crippen LogP contribution in [0, 0.1) is 50.4 Å². The van der Waals surface area contributed by atoms with Crippen molar-refractivity contribution in [3.05, 3.63) is 33.9 Å². The molecule has 0 nitrogen and oxygen atoms in total. The molecule has 0 radical (unpaired) electrons. The molecule has 0 saturated heterocycles. The van der Waals surface area contributed by atoms with Gasteiger partial charge in [0.15, 0.2) is 0 Å². The van der Waals surface area contributed by atoms with Gasteiger partial charge in [-0.15, -0.1) is 0 Å². The van der Waals surface area contributed by atoms with E-state index in [0.717, 1.165) is 45.3 Å². The predicted molar refractivity (Wildman–Crippen MR) is 114 cm³/mol. The monoisotopic (exact) mass is 491 g/mol. The number of hydrogen-bond acceptors (Lipinski definition) is 0. The normalized spacial score (nSPS) is 46.5. The van der Waals surface area contributed by atoms with Gasteiger partial charge in [-0.3, -0.25) is 0 Å². The molecule has 4 saturated carbocycles. The van der Waals surface area contributed by atoms with Crippen LogP contribution in [0.3, 0.4) is 0 Å². The van der Waals surface area contributed by atoms with Gasteiger partial charge >= 0.3 is 184 Å². The molecule has 0 spiro atoms. The quantitative estimate of drug-likeness (QED) is 0.439. The molecule has 28 heavy (non-hydrogen) atoms. The Morgan fingerprint density at radius 1 is 0.893 bits per heavy atom. The Hall–Kier alpha value is -0.0500. The molecule has 4 fully saturated rings. The summed E-state index contributed by atoms with van der Waals surface area (Å²) in [5.74, 6) is 7.43. The van der Waals surface area contributed by atoms with Gasteiger partial charge < -0.3 is 0 Å². The summed E-state index contributed by atoms with van der Waals surface area (Å²) in [5.41, 5.74) is 0.657. The maximum absolute atomic E-state index is 2.74. The fraction of sp³-hybridized carbons (Fsp3) is 0.778. The second-order valence-corrected chi connectivity index (χ2v) is 15.0. The summed E-state index contributed by atoms with van der Waals surface area (Å²) in [4.78, 5) is 0. The maximum atomic E-state index is 2.74. The van der Waals surface area contributed by atoms with Crippen LogP contribution in [0.5, 0.6) is 0 Å². The fourth-order valence-corrected chi connectivity index (χ4v) is 12.2. The minimum atomic E-state index is 0.146. The summed E-state index contributed by atoms with van der Waals surface area (Å²) in [5, 5.41) is 0. The molecular weight excluding hydrogens is 451 g/mol. The van der Waals surface area contributed by atoms with Gasteiger partial charge in [-0.25, -0.2) is 0 Å². The molecule has 5 rings (SSSR count). The summed E-state index contributed by atoms with van der Waals surface area (Å²) >= 11 is 0.146. The third kappa shape index (κ3) is 3.40. The fourth-order valence-electron chi connectivity index (χ4n) is 8.65. The van der Waals surface area contributed by atoms with E-state index in [2.05, 4.69) is 51.1 Å². The van der Waals surface area contributed by atoms with Crippen LogP contribution in [0.25, 0.3) is 0 Å². The molecule has 0 bridgehead atoms. The molecule has 9 atom stereocenters. The third-order valence-corrected chi connectivity index (χ3v) is 13.2. The van der Waals surface area contributed by atoms with E-state index in [1.54, 1.807) is 48.5 Å². The average Bonchev–Trinajstić information content (AvgIpc) is 3.05. The Labute approximate surface area is 183 Å². The number of benzene rings is 1. The molecule has 0 N–H and O–H groups in total. The Balaban J connectivity index is 1.31. The van der Waals surface area contributed by atoms with E-state index in [9.17, 15) is 0 Å².